The first-order chi connectivity index (χ1) is 9.19. The second-order valence-corrected chi connectivity index (χ2v) is 5.69. The SMILES string of the molecule is C#CCCc1cccc(CC(N)c2csc(C)n2)c1. The first-order valence-electron chi connectivity index (χ1n) is 6.38. The molecule has 0 amide bonds. The number of hydrogen-bond donors (Lipinski definition) is 1. The minimum Gasteiger partial charge on any atom is -0.322 e. The van der Waals surface area contributed by atoms with Crippen LogP contribution in [0.5, 0.6) is 0 Å². The lowest BCUT2D eigenvalue weighted by Crippen LogP contribution is -2.13. The Bertz CT molecular complexity index is 580. The van der Waals surface area contributed by atoms with Crippen LogP contribution in [0, 0.1) is 19.3 Å². The predicted octanol–water partition coefficient (Wildman–Crippen LogP) is 3.26. The van der Waals surface area contributed by atoms with E-state index in [0.717, 1.165) is 30.0 Å². The van der Waals surface area contributed by atoms with E-state index in [9.17, 15) is 0 Å². The van der Waals surface area contributed by atoms with Crippen molar-refractivity contribution in [2.45, 2.75) is 32.2 Å². The van der Waals surface area contributed by atoms with Gasteiger partial charge in [-0.2, -0.15) is 0 Å². The fourth-order valence-electron chi connectivity index (χ4n) is 2.04. The molecule has 0 aliphatic heterocycles. The fraction of sp³-hybridized carbons (Fsp3) is 0.312. The van der Waals surface area contributed by atoms with Crippen LogP contribution < -0.4 is 5.73 Å². The van der Waals surface area contributed by atoms with Crippen LogP contribution in [0.15, 0.2) is 29.6 Å². The third-order valence-electron chi connectivity index (χ3n) is 3.02. The number of aromatic nitrogens is 1. The zero-order chi connectivity index (χ0) is 13.7. The number of benzene rings is 1. The van der Waals surface area contributed by atoms with E-state index in [1.807, 2.05) is 12.3 Å². The van der Waals surface area contributed by atoms with Gasteiger partial charge in [0.25, 0.3) is 0 Å². The first-order valence-corrected chi connectivity index (χ1v) is 7.26. The van der Waals surface area contributed by atoms with Crippen LogP contribution in [0.4, 0.5) is 0 Å². The molecule has 1 atom stereocenters. The molecule has 1 heterocycles. The topological polar surface area (TPSA) is 38.9 Å². The minimum atomic E-state index is -0.0344. The molecule has 1 aromatic carbocycles. The van der Waals surface area contributed by atoms with E-state index in [2.05, 4.69) is 35.2 Å². The van der Waals surface area contributed by atoms with Crippen molar-refractivity contribution >= 4 is 11.3 Å². The third kappa shape index (κ3) is 3.92. The summed E-state index contributed by atoms with van der Waals surface area (Å²) in [4.78, 5) is 4.45. The molecule has 0 radical (unpaired) electrons. The molecular formula is C16H18N2S. The van der Waals surface area contributed by atoms with Crippen LogP contribution in [0.25, 0.3) is 0 Å². The molecule has 0 spiro atoms. The molecule has 1 unspecified atom stereocenters. The van der Waals surface area contributed by atoms with Gasteiger partial charge in [0, 0.05) is 11.8 Å². The van der Waals surface area contributed by atoms with Gasteiger partial charge in [0.15, 0.2) is 0 Å². The van der Waals surface area contributed by atoms with Crippen LogP contribution in [-0.2, 0) is 12.8 Å². The largest absolute Gasteiger partial charge is 0.322 e. The molecule has 3 heteroatoms. The Morgan fingerprint density at radius 3 is 2.89 bits per heavy atom. The highest BCUT2D eigenvalue weighted by Crippen LogP contribution is 2.19. The Kier molecular flexibility index (Phi) is 4.73. The van der Waals surface area contributed by atoms with Gasteiger partial charge in [-0.05, 0) is 30.9 Å². The Labute approximate surface area is 118 Å². The van der Waals surface area contributed by atoms with E-state index in [1.165, 1.54) is 11.1 Å². The van der Waals surface area contributed by atoms with Crippen molar-refractivity contribution in [2.75, 3.05) is 0 Å². The van der Waals surface area contributed by atoms with Gasteiger partial charge in [0.05, 0.1) is 16.7 Å². The number of terminal acetylenes is 1. The Balaban J connectivity index is 2.04. The summed E-state index contributed by atoms with van der Waals surface area (Å²) in [5, 5.41) is 3.11. The van der Waals surface area contributed by atoms with E-state index in [-0.39, 0.29) is 6.04 Å². The molecule has 0 saturated carbocycles. The monoisotopic (exact) mass is 270 g/mol. The third-order valence-corrected chi connectivity index (χ3v) is 3.81. The quantitative estimate of drug-likeness (QED) is 0.847. The number of nitrogens with zero attached hydrogens (tertiary/aromatic N) is 1. The van der Waals surface area contributed by atoms with Gasteiger partial charge in [0.2, 0.25) is 0 Å². The van der Waals surface area contributed by atoms with E-state index in [4.69, 9.17) is 12.2 Å². The van der Waals surface area contributed by atoms with Crippen LogP contribution in [-0.4, -0.2) is 4.98 Å². The summed E-state index contributed by atoms with van der Waals surface area (Å²) in [6, 6.07) is 8.45. The molecule has 0 bridgehead atoms. The highest BCUT2D eigenvalue weighted by molar-refractivity contribution is 7.09. The van der Waals surface area contributed by atoms with E-state index < -0.39 is 0 Å². The summed E-state index contributed by atoms with van der Waals surface area (Å²) in [6.45, 7) is 2.00. The minimum absolute atomic E-state index is 0.0344. The van der Waals surface area contributed by atoms with E-state index in [1.54, 1.807) is 11.3 Å². The Morgan fingerprint density at radius 2 is 2.21 bits per heavy atom. The van der Waals surface area contributed by atoms with Crippen molar-refractivity contribution in [3.8, 4) is 12.3 Å². The molecule has 2 nitrogen and oxygen atoms in total. The van der Waals surface area contributed by atoms with Crippen molar-refractivity contribution in [1.82, 2.24) is 4.98 Å². The zero-order valence-electron chi connectivity index (χ0n) is 11.1. The summed E-state index contributed by atoms with van der Waals surface area (Å²) in [7, 11) is 0. The van der Waals surface area contributed by atoms with Crippen molar-refractivity contribution in [2.24, 2.45) is 5.73 Å². The average molecular weight is 270 g/mol. The maximum Gasteiger partial charge on any atom is 0.0898 e. The van der Waals surface area contributed by atoms with Gasteiger partial charge in [0.1, 0.15) is 0 Å². The number of nitrogens with two attached hydrogens (primary N) is 1. The molecular weight excluding hydrogens is 252 g/mol. The van der Waals surface area contributed by atoms with Crippen LogP contribution in [0.1, 0.15) is 34.3 Å². The molecule has 1 aromatic heterocycles. The van der Waals surface area contributed by atoms with Crippen molar-refractivity contribution < 1.29 is 0 Å². The van der Waals surface area contributed by atoms with E-state index in [0.29, 0.717) is 0 Å². The summed E-state index contributed by atoms with van der Waals surface area (Å²) >= 11 is 1.64. The molecule has 98 valence electrons. The molecule has 2 rings (SSSR count). The summed E-state index contributed by atoms with van der Waals surface area (Å²) < 4.78 is 0. The molecule has 2 aromatic rings. The molecule has 0 fully saturated rings. The molecule has 0 aliphatic rings. The number of thiazole rings is 1. The Hall–Kier alpha value is -1.63. The van der Waals surface area contributed by atoms with Gasteiger partial charge < -0.3 is 5.73 Å². The first kappa shape index (κ1) is 13.8. The lowest BCUT2D eigenvalue weighted by Gasteiger charge is -2.10. The second-order valence-electron chi connectivity index (χ2n) is 4.63. The molecule has 0 aliphatic carbocycles. The molecule has 19 heavy (non-hydrogen) atoms. The number of rotatable bonds is 5. The van der Waals surface area contributed by atoms with Crippen LogP contribution >= 0.6 is 11.3 Å². The zero-order valence-corrected chi connectivity index (χ0v) is 11.9. The highest BCUT2D eigenvalue weighted by atomic mass is 32.1. The maximum atomic E-state index is 6.20. The summed E-state index contributed by atoms with van der Waals surface area (Å²) in [5.74, 6) is 2.67. The molecule has 0 saturated heterocycles. The van der Waals surface area contributed by atoms with Crippen molar-refractivity contribution in [1.29, 1.82) is 0 Å². The van der Waals surface area contributed by atoms with Gasteiger partial charge >= 0.3 is 0 Å². The normalized spacial score (nSPS) is 12.1. The predicted molar refractivity (Wildman–Crippen MR) is 81.1 cm³/mol. The lowest BCUT2D eigenvalue weighted by atomic mass is 10.0. The molecule has 2 N–H and O–H groups in total. The smallest absolute Gasteiger partial charge is 0.0898 e. The lowest BCUT2D eigenvalue weighted by molar-refractivity contribution is 0.699. The average Bonchev–Trinajstić information content (AvgIpc) is 2.83. The standard InChI is InChI=1S/C16H18N2S/c1-3-4-6-13-7-5-8-14(9-13)10-15(17)16-11-19-12(2)18-16/h1,5,7-9,11,15H,4,6,10,17H2,2H3. The van der Waals surface area contributed by atoms with Gasteiger partial charge in [-0.3, -0.25) is 0 Å². The van der Waals surface area contributed by atoms with Gasteiger partial charge in [-0.25, -0.2) is 4.98 Å². The van der Waals surface area contributed by atoms with Crippen LogP contribution in [0.2, 0.25) is 0 Å². The second kappa shape index (κ2) is 6.51. The van der Waals surface area contributed by atoms with Gasteiger partial charge in [-0.1, -0.05) is 24.3 Å². The Morgan fingerprint density at radius 1 is 1.42 bits per heavy atom. The summed E-state index contributed by atoms with van der Waals surface area (Å²) in [5.41, 5.74) is 9.70. The fourth-order valence-corrected chi connectivity index (χ4v) is 2.71. The summed E-state index contributed by atoms with van der Waals surface area (Å²) in [6.07, 6.45) is 7.81. The highest BCUT2D eigenvalue weighted by Gasteiger charge is 2.10. The van der Waals surface area contributed by atoms with E-state index >= 15 is 0 Å². The maximum absolute atomic E-state index is 6.20. The van der Waals surface area contributed by atoms with Gasteiger partial charge in [-0.15, -0.1) is 23.7 Å². The van der Waals surface area contributed by atoms with Crippen molar-refractivity contribution in [3.05, 3.63) is 51.5 Å². The van der Waals surface area contributed by atoms with Crippen molar-refractivity contribution in [3.63, 3.8) is 0 Å². The number of hydrogen-bond acceptors (Lipinski definition) is 3. The van der Waals surface area contributed by atoms with Crippen LogP contribution in [0.3, 0.4) is 0 Å². The number of aryl methyl sites for hydroxylation is 2.